The molecule has 1 saturated heterocycles. The van der Waals surface area contributed by atoms with Crippen molar-refractivity contribution in [3.8, 4) is 0 Å². The molecule has 2 rings (SSSR count). The predicted molar refractivity (Wildman–Crippen MR) is 186 cm³/mol. The minimum atomic E-state index is -5.04. The van der Waals surface area contributed by atoms with Crippen molar-refractivity contribution < 1.29 is 28.3 Å². The maximum Gasteiger partial charge on any atom is 0.377 e. The van der Waals surface area contributed by atoms with Crippen molar-refractivity contribution in [2.75, 3.05) is 13.2 Å². The van der Waals surface area contributed by atoms with E-state index in [0.717, 1.165) is 23.8 Å². The number of carbonyl (C=O) groups excluding carboxylic acids is 1. The van der Waals surface area contributed by atoms with Crippen LogP contribution in [0.25, 0.3) is 10.4 Å². The molecule has 4 atom stereocenters. The zero-order valence-corrected chi connectivity index (χ0v) is 30.5. The van der Waals surface area contributed by atoms with E-state index in [-0.39, 0.29) is 24.7 Å². The molecule has 14 nitrogen and oxygen atoms in total. The minimum Gasteiger partial charge on any atom is -0.770 e. The molecular weight excluding hydrogens is 639 g/mol. The number of aryl methyl sites for hydroxylation is 1. The van der Waals surface area contributed by atoms with Crippen LogP contribution in [0.15, 0.2) is 20.9 Å². The molecule has 2 heterocycles. The van der Waals surface area contributed by atoms with E-state index in [9.17, 15) is 23.8 Å². The quantitative estimate of drug-likeness (QED) is 0.0296. The van der Waals surface area contributed by atoms with Crippen molar-refractivity contribution >= 4 is 13.3 Å². The number of azide groups is 1. The fourth-order valence-electron chi connectivity index (χ4n) is 5.84. The lowest BCUT2D eigenvalue weighted by Gasteiger charge is -2.24. The molecule has 0 radical (unpaired) electrons. The number of aromatic nitrogens is 2. The fraction of sp³-hybridized carbons (Fsp3) is 0.848. The molecule has 0 saturated carbocycles. The van der Waals surface area contributed by atoms with Gasteiger partial charge in [0.05, 0.1) is 25.4 Å². The topological polar surface area (TPSA) is 225 Å². The Hall–Kier alpha value is -2.47. The lowest BCUT2D eigenvalue weighted by molar-refractivity contribution is -0.198. The van der Waals surface area contributed by atoms with Crippen LogP contribution in [0, 0.1) is 6.92 Å². The molecule has 4 unspecified atom stereocenters. The minimum absolute atomic E-state index is 0. The number of nitrogens with one attached hydrogen (secondary N) is 1. The lowest BCUT2D eigenvalue weighted by atomic mass is 10.0. The van der Waals surface area contributed by atoms with Crippen LogP contribution in [0.4, 0.5) is 4.79 Å². The molecule has 0 amide bonds. The molecule has 1 aromatic rings. The maximum absolute atomic E-state index is 12.4. The van der Waals surface area contributed by atoms with E-state index in [1.807, 2.05) is 0 Å². The van der Waals surface area contributed by atoms with Gasteiger partial charge >= 0.3 is 11.4 Å². The summed E-state index contributed by atoms with van der Waals surface area (Å²) in [4.78, 5) is 53.3. The molecule has 0 spiro atoms. The molecular formula is C33H61N6O8P. The van der Waals surface area contributed by atoms with Crippen LogP contribution in [0.1, 0.15) is 154 Å². The molecule has 1 aliphatic heterocycles. The van der Waals surface area contributed by atoms with Gasteiger partial charge in [-0.2, -0.15) is 0 Å². The van der Waals surface area contributed by atoms with Gasteiger partial charge in [-0.1, -0.05) is 134 Å². The van der Waals surface area contributed by atoms with Crippen LogP contribution in [-0.2, 0) is 18.6 Å². The third kappa shape index (κ3) is 17.3. The van der Waals surface area contributed by atoms with E-state index in [4.69, 9.17) is 19.5 Å². The molecule has 1 aromatic heterocycles. The summed E-state index contributed by atoms with van der Waals surface area (Å²) in [6, 6.07) is -0.866. The lowest BCUT2D eigenvalue weighted by Crippen LogP contribution is -2.33. The average Bonchev–Trinajstić information content (AvgIpc) is 3.44. The number of ether oxygens (including phenoxy) is 2. The number of nitrogens with zero attached hydrogens (tertiary/aromatic N) is 4. The van der Waals surface area contributed by atoms with Crippen LogP contribution in [0.3, 0.4) is 0 Å². The first-order valence-electron chi connectivity index (χ1n) is 17.8. The van der Waals surface area contributed by atoms with E-state index in [2.05, 4.69) is 21.9 Å². The molecule has 48 heavy (non-hydrogen) atoms. The fourth-order valence-corrected chi connectivity index (χ4v) is 6.54. The highest BCUT2D eigenvalue weighted by Crippen LogP contribution is 2.41. The van der Waals surface area contributed by atoms with Crippen molar-refractivity contribution in [2.45, 2.75) is 167 Å². The Balaban J connectivity index is 0.0000115. The molecule has 0 aliphatic carbocycles. The van der Waals surface area contributed by atoms with E-state index in [1.54, 1.807) is 0 Å². The number of hydrogen-bond donors (Lipinski definition) is 2. The summed E-state index contributed by atoms with van der Waals surface area (Å²) in [7, 11) is -5.04. The van der Waals surface area contributed by atoms with Crippen LogP contribution in [0.2, 0.25) is 0 Å². The smallest absolute Gasteiger partial charge is 0.377 e. The standard InChI is InChI=1S/C33H58N5O8P.H3N/c1-3-4-5-6-7-8-9-10-11-12-13-14-15-16-17-18-19-20-21-22-23-44-33(41)47(42,43)45-26-29-28(36-37-34)24-30(46-29)38-25-27(2)31(39)35-32(38)40;/h25,28-30H,3-24,26H2,1-2H3,(H,42,43)(H,35,39,40);1H3. The highest BCUT2D eigenvalue weighted by Gasteiger charge is 2.38. The van der Waals surface area contributed by atoms with Crippen molar-refractivity contribution in [1.29, 1.82) is 0 Å². The highest BCUT2D eigenvalue weighted by molar-refractivity contribution is 7.69. The molecule has 0 bridgehead atoms. The Labute approximate surface area is 285 Å². The summed E-state index contributed by atoms with van der Waals surface area (Å²) in [6.45, 7) is 3.15. The Kier molecular flexibility index (Phi) is 23.1. The number of H-pyrrole nitrogens is 1. The first-order chi connectivity index (χ1) is 22.7. The SMILES string of the molecule is CCCCCCCCCCCCCCCCCCCCCCOC(=O)P(=O)([O-])OCC1OC(n2cc(C)c(=O)[nH]c2=O)CC1N=[N+]=[N-].[NH4+]. The van der Waals surface area contributed by atoms with Gasteiger partial charge < -0.3 is 25.0 Å². The summed E-state index contributed by atoms with van der Waals surface area (Å²) >= 11 is 0. The van der Waals surface area contributed by atoms with E-state index >= 15 is 0 Å². The van der Waals surface area contributed by atoms with Crippen molar-refractivity contribution in [3.05, 3.63) is 43.0 Å². The number of carbonyl (C=O) groups is 1. The van der Waals surface area contributed by atoms with Crippen molar-refractivity contribution in [1.82, 2.24) is 15.7 Å². The maximum atomic E-state index is 12.4. The van der Waals surface area contributed by atoms with Crippen molar-refractivity contribution in [2.24, 2.45) is 5.11 Å². The molecule has 0 aromatic carbocycles. The Morgan fingerprint density at radius 3 is 1.92 bits per heavy atom. The van der Waals surface area contributed by atoms with E-state index in [1.165, 1.54) is 116 Å². The summed E-state index contributed by atoms with van der Waals surface area (Å²) in [5.41, 5.74) is 6.43. The number of rotatable bonds is 27. The third-order valence-corrected chi connectivity index (χ3v) is 9.78. The van der Waals surface area contributed by atoms with Gasteiger partial charge in [0.25, 0.3) is 5.56 Å². The van der Waals surface area contributed by atoms with Crippen molar-refractivity contribution in [3.63, 3.8) is 0 Å². The Bertz CT molecular complexity index is 1250. The van der Waals surface area contributed by atoms with Gasteiger partial charge in [-0.05, 0) is 18.9 Å². The first-order valence-corrected chi connectivity index (χ1v) is 19.4. The molecule has 15 heteroatoms. The monoisotopic (exact) mass is 700 g/mol. The summed E-state index contributed by atoms with van der Waals surface area (Å²) in [6.07, 6.45) is 24.4. The highest BCUT2D eigenvalue weighted by atomic mass is 31.2. The largest absolute Gasteiger partial charge is 0.770 e. The third-order valence-electron chi connectivity index (χ3n) is 8.72. The van der Waals surface area contributed by atoms with E-state index in [0.29, 0.717) is 6.42 Å². The molecule has 5 N–H and O–H groups in total. The van der Waals surface area contributed by atoms with Gasteiger partial charge in [0.1, 0.15) is 6.23 Å². The zero-order chi connectivity index (χ0) is 34.3. The second-order valence-electron chi connectivity index (χ2n) is 12.7. The number of quaternary nitrogens is 1. The van der Waals surface area contributed by atoms with Gasteiger partial charge in [-0.15, -0.1) is 0 Å². The van der Waals surface area contributed by atoms with Crippen LogP contribution >= 0.6 is 7.60 Å². The molecule has 1 fully saturated rings. The number of aromatic amines is 1. The van der Waals surface area contributed by atoms with Gasteiger partial charge in [0, 0.05) is 23.1 Å². The zero-order valence-electron chi connectivity index (χ0n) is 29.6. The van der Waals surface area contributed by atoms with Gasteiger partial charge in [-0.25, -0.2) is 9.59 Å². The summed E-state index contributed by atoms with van der Waals surface area (Å²) in [5, 5.41) is 3.61. The van der Waals surface area contributed by atoms with E-state index < -0.39 is 49.5 Å². The summed E-state index contributed by atoms with van der Waals surface area (Å²) < 4.78 is 29.0. The predicted octanol–water partition coefficient (Wildman–Crippen LogP) is 8.72. The van der Waals surface area contributed by atoms with Gasteiger partial charge in [0.15, 0.2) is 0 Å². The first kappa shape index (κ1) is 43.6. The molecule has 1 aliphatic rings. The van der Waals surface area contributed by atoms with Gasteiger partial charge in [-0.3, -0.25) is 18.9 Å². The summed E-state index contributed by atoms with van der Waals surface area (Å²) in [5.74, 6) is 0. The molecule has 276 valence electrons. The average molecular weight is 701 g/mol. The van der Waals surface area contributed by atoms with Crippen LogP contribution < -0.4 is 22.3 Å². The van der Waals surface area contributed by atoms with Crippen LogP contribution in [0.5, 0.6) is 0 Å². The Morgan fingerprint density at radius 2 is 1.44 bits per heavy atom. The second kappa shape index (κ2) is 25.5. The van der Waals surface area contributed by atoms with Gasteiger partial charge in [0.2, 0.25) is 7.60 Å². The second-order valence-corrected chi connectivity index (χ2v) is 14.4. The number of hydrogen-bond acceptors (Lipinski definition) is 9. The number of unbranched alkanes of at least 4 members (excludes halogenated alkanes) is 19. The van der Waals surface area contributed by atoms with Crippen LogP contribution in [-0.4, -0.2) is 40.6 Å². The Morgan fingerprint density at radius 1 is 0.958 bits per heavy atom. The normalized spacial score (nSPS) is 18.5.